The molecule has 1 aliphatic carbocycles. The summed E-state index contributed by atoms with van der Waals surface area (Å²) in [6.45, 7) is 0.339. The summed E-state index contributed by atoms with van der Waals surface area (Å²) in [4.78, 5) is 2.83. The summed E-state index contributed by atoms with van der Waals surface area (Å²) in [6, 6.07) is 7.50. The minimum Gasteiger partial charge on any atom is -0.390 e. The maximum Gasteiger partial charge on any atom is 0.105 e. The maximum absolute atomic E-state index is 10.8. The number of nitrogens with two attached hydrogens (primary N) is 1. The lowest BCUT2D eigenvalue weighted by Gasteiger charge is -2.33. The predicted molar refractivity (Wildman–Crippen MR) is 98.2 cm³/mol. The van der Waals surface area contributed by atoms with E-state index >= 15 is 0 Å². The van der Waals surface area contributed by atoms with Gasteiger partial charge in [0.1, 0.15) is 5.60 Å². The largest absolute Gasteiger partial charge is 0.390 e. The zero-order chi connectivity index (χ0) is 16.6. The van der Waals surface area contributed by atoms with Gasteiger partial charge in [0, 0.05) is 25.0 Å². The van der Waals surface area contributed by atoms with Crippen molar-refractivity contribution in [3.05, 3.63) is 34.9 Å². The molecule has 0 aromatic heterocycles. The molecular formula is C15H21Cl2N3OS. The molecule has 0 radical (unpaired) electrons. The zero-order valence-corrected chi connectivity index (χ0v) is 14.8. The van der Waals surface area contributed by atoms with Gasteiger partial charge in [-0.3, -0.25) is 4.99 Å². The monoisotopic (exact) mass is 361 g/mol. The topological polar surface area (TPSA) is 70.6 Å². The normalized spacial score (nSPS) is 18.0. The van der Waals surface area contributed by atoms with E-state index in [9.17, 15) is 5.11 Å². The summed E-state index contributed by atoms with van der Waals surface area (Å²) >= 11 is 17.3. The van der Waals surface area contributed by atoms with Crippen LogP contribution < -0.4 is 11.1 Å². The summed E-state index contributed by atoms with van der Waals surface area (Å²) in [6.07, 6.45) is 3.30. The van der Waals surface area contributed by atoms with E-state index in [1.54, 1.807) is 7.05 Å². The molecule has 1 aromatic carbocycles. The Balaban J connectivity index is 0.000000541. The Morgan fingerprint density at radius 3 is 2.55 bits per heavy atom. The predicted octanol–water partition coefficient (Wildman–Crippen LogP) is 2.54. The number of thiocarbonyl (C=S) groups is 1. The molecular weight excluding hydrogens is 341 g/mol. The third-order valence-corrected chi connectivity index (χ3v) is 4.86. The average Bonchev–Trinajstić information content (AvgIpc) is 3.27. The van der Waals surface area contributed by atoms with E-state index in [0.717, 1.165) is 18.4 Å². The van der Waals surface area contributed by atoms with Crippen LogP contribution in [0.2, 0.25) is 5.02 Å². The average molecular weight is 362 g/mol. The molecule has 0 bridgehead atoms. The number of nitrogens with one attached hydrogen (secondary N) is 1. The summed E-state index contributed by atoms with van der Waals surface area (Å²) in [5.41, 5.74) is 6.01. The molecule has 1 aromatic rings. The highest BCUT2D eigenvalue weighted by Crippen LogP contribution is 2.52. The summed E-state index contributed by atoms with van der Waals surface area (Å²) < 4.78 is 0. The number of hydrogen-bond donors (Lipinski definition) is 3. The van der Waals surface area contributed by atoms with Crippen LogP contribution in [0.4, 0.5) is 0 Å². The Morgan fingerprint density at radius 1 is 1.50 bits per heavy atom. The van der Waals surface area contributed by atoms with E-state index in [1.165, 1.54) is 11.8 Å². The molecule has 0 heterocycles. The number of benzene rings is 1. The smallest absolute Gasteiger partial charge is 0.105 e. The van der Waals surface area contributed by atoms with Crippen molar-refractivity contribution in [2.75, 3.05) is 13.6 Å². The molecule has 7 heteroatoms. The third kappa shape index (κ3) is 5.09. The van der Waals surface area contributed by atoms with Crippen molar-refractivity contribution in [2.45, 2.75) is 29.7 Å². The van der Waals surface area contributed by atoms with Gasteiger partial charge < -0.3 is 16.2 Å². The molecule has 1 aliphatic rings. The first-order chi connectivity index (χ1) is 10.4. The van der Waals surface area contributed by atoms with Crippen LogP contribution in [0.1, 0.15) is 18.4 Å². The first-order valence-electron chi connectivity index (χ1n) is 6.86. The highest BCUT2D eigenvalue weighted by Gasteiger charge is 2.57. The number of alkyl halides is 1. The van der Waals surface area contributed by atoms with Crippen LogP contribution in [-0.2, 0) is 6.42 Å². The molecule has 1 fully saturated rings. The number of rotatable bonds is 6. The highest BCUT2D eigenvalue weighted by molar-refractivity contribution is 7.78. The molecule has 1 atom stereocenters. The summed E-state index contributed by atoms with van der Waals surface area (Å²) in [5.74, 6) is 0. The van der Waals surface area contributed by atoms with Gasteiger partial charge >= 0.3 is 0 Å². The van der Waals surface area contributed by atoms with Crippen molar-refractivity contribution in [1.82, 2.24) is 5.32 Å². The van der Waals surface area contributed by atoms with Crippen molar-refractivity contribution < 1.29 is 5.11 Å². The first-order valence-corrected chi connectivity index (χ1v) is 8.09. The second kappa shape index (κ2) is 8.67. The van der Waals surface area contributed by atoms with Gasteiger partial charge in [0.25, 0.3) is 0 Å². The van der Waals surface area contributed by atoms with E-state index in [0.29, 0.717) is 18.0 Å². The molecule has 2 rings (SSSR count). The van der Waals surface area contributed by atoms with Gasteiger partial charge in [0.15, 0.2) is 0 Å². The van der Waals surface area contributed by atoms with Crippen LogP contribution in [-0.4, -0.2) is 41.0 Å². The molecule has 0 spiro atoms. The van der Waals surface area contributed by atoms with Crippen LogP contribution in [0.5, 0.6) is 0 Å². The molecule has 0 aliphatic heterocycles. The Labute approximate surface area is 146 Å². The van der Waals surface area contributed by atoms with Gasteiger partial charge in [-0.15, -0.1) is 11.6 Å². The fraction of sp³-hybridized carbons (Fsp3) is 0.467. The van der Waals surface area contributed by atoms with Crippen molar-refractivity contribution in [2.24, 2.45) is 10.7 Å². The maximum atomic E-state index is 10.8. The molecule has 1 saturated carbocycles. The van der Waals surface area contributed by atoms with E-state index in [-0.39, 0.29) is 0 Å². The molecule has 122 valence electrons. The van der Waals surface area contributed by atoms with Gasteiger partial charge in [0.2, 0.25) is 0 Å². The molecule has 4 nitrogen and oxygen atoms in total. The van der Waals surface area contributed by atoms with Crippen LogP contribution in [0, 0.1) is 0 Å². The third-order valence-electron chi connectivity index (χ3n) is 3.59. The van der Waals surface area contributed by atoms with E-state index < -0.39 is 10.5 Å². The molecule has 22 heavy (non-hydrogen) atoms. The zero-order valence-electron chi connectivity index (χ0n) is 12.4. The van der Waals surface area contributed by atoms with Crippen molar-refractivity contribution in [3.63, 3.8) is 0 Å². The second-order valence-corrected chi connectivity index (χ2v) is 6.54. The number of aliphatic imine (C=N–C) groups is 1. The molecule has 1 unspecified atom stereocenters. The van der Waals surface area contributed by atoms with Gasteiger partial charge in [-0.25, -0.2) is 0 Å². The van der Waals surface area contributed by atoms with Crippen LogP contribution >= 0.6 is 35.4 Å². The first kappa shape index (κ1) is 19.2. The Bertz CT molecular complexity index is 519. The Morgan fingerprint density at radius 2 is 2.09 bits per heavy atom. The standard InChI is InChI=1S/C13H15Cl2NOS.C2H6N2/c14-11-4-2-1-3-10(11)7-13(17,8-16-9-18)12(15)5-6-12;1-4-2-3/h1-4,9,17H,5-8H2,(H,16,18);2H,1H3,(H2,3,4). The van der Waals surface area contributed by atoms with Gasteiger partial charge in [-0.1, -0.05) is 42.0 Å². The van der Waals surface area contributed by atoms with Gasteiger partial charge in [-0.2, -0.15) is 0 Å². The number of nitrogens with zero attached hydrogens (tertiary/aromatic N) is 1. The lowest BCUT2D eigenvalue weighted by molar-refractivity contribution is 0.0331. The molecule has 4 N–H and O–H groups in total. The highest BCUT2D eigenvalue weighted by atomic mass is 35.5. The van der Waals surface area contributed by atoms with Gasteiger partial charge in [-0.05, 0) is 24.5 Å². The minimum absolute atomic E-state index is 0.339. The Kier molecular flexibility index (Phi) is 7.56. The number of aliphatic hydroxyl groups is 1. The fourth-order valence-electron chi connectivity index (χ4n) is 2.12. The number of halogens is 2. The van der Waals surface area contributed by atoms with Crippen LogP contribution in [0.15, 0.2) is 29.3 Å². The van der Waals surface area contributed by atoms with E-state index in [2.05, 4.69) is 10.3 Å². The Hall–Kier alpha value is -0.880. The second-order valence-electron chi connectivity index (χ2n) is 5.17. The molecule has 0 amide bonds. The number of hydrogen-bond acceptors (Lipinski definition) is 3. The minimum atomic E-state index is -1.03. The lowest BCUT2D eigenvalue weighted by atomic mass is 9.89. The van der Waals surface area contributed by atoms with Crippen LogP contribution in [0.3, 0.4) is 0 Å². The van der Waals surface area contributed by atoms with Gasteiger partial charge in [0.05, 0.1) is 16.7 Å². The summed E-state index contributed by atoms with van der Waals surface area (Å²) in [7, 11) is 1.62. The van der Waals surface area contributed by atoms with E-state index in [1.807, 2.05) is 24.3 Å². The summed E-state index contributed by atoms with van der Waals surface area (Å²) in [5, 5.41) is 14.3. The van der Waals surface area contributed by atoms with Crippen molar-refractivity contribution in [3.8, 4) is 0 Å². The lowest BCUT2D eigenvalue weighted by Crippen LogP contribution is -2.51. The quantitative estimate of drug-likeness (QED) is 0.315. The van der Waals surface area contributed by atoms with Crippen molar-refractivity contribution >= 4 is 47.2 Å². The van der Waals surface area contributed by atoms with Crippen LogP contribution in [0.25, 0.3) is 0 Å². The molecule has 0 saturated heterocycles. The van der Waals surface area contributed by atoms with E-state index in [4.69, 9.17) is 41.2 Å². The van der Waals surface area contributed by atoms with Crippen molar-refractivity contribution in [1.29, 1.82) is 0 Å². The SMILES string of the molecule is CN=CN.OC(CNC=S)(Cc1ccccc1Cl)C1(Cl)CC1. The fourth-order valence-corrected chi connectivity index (χ4v) is 2.64.